The van der Waals surface area contributed by atoms with E-state index in [9.17, 15) is 4.39 Å². The molecule has 0 fully saturated rings. The molecule has 0 N–H and O–H groups in total. The first-order valence-electron chi connectivity index (χ1n) is 11.0. The van der Waals surface area contributed by atoms with Crippen molar-refractivity contribution in [2.24, 2.45) is 0 Å². The third-order valence-electron chi connectivity index (χ3n) is 5.24. The summed E-state index contributed by atoms with van der Waals surface area (Å²) in [5.41, 5.74) is 4.34. The van der Waals surface area contributed by atoms with Gasteiger partial charge >= 0.3 is 0 Å². The zero-order valence-electron chi connectivity index (χ0n) is 18.0. The Morgan fingerprint density at radius 1 is 0.800 bits per heavy atom. The van der Waals surface area contributed by atoms with Crippen LogP contribution >= 0.6 is 0 Å². The topological polar surface area (TPSA) is 35.0 Å². The van der Waals surface area contributed by atoms with E-state index in [1.54, 1.807) is 0 Å². The molecule has 3 aromatic rings. The normalized spacial score (nSPS) is 12.0. The van der Waals surface area contributed by atoms with Crippen molar-refractivity contribution in [2.45, 2.75) is 58.5 Å². The zero-order valence-corrected chi connectivity index (χ0v) is 18.0. The fraction of sp³-hybridized carbons (Fsp3) is 0.385. The Labute approximate surface area is 179 Å². The van der Waals surface area contributed by atoms with Crippen LogP contribution in [0.5, 0.6) is 5.75 Å². The van der Waals surface area contributed by atoms with Crippen molar-refractivity contribution in [1.82, 2.24) is 9.97 Å². The molecule has 0 radical (unpaired) electrons. The smallest absolute Gasteiger partial charge is 0.159 e. The van der Waals surface area contributed by atoms with Crippen LogP contribution in [0, 0.1) is 0 Å². The predicted molar refractivity (Wildman–Crippen MR) is 121 cm³/mol. The molecule has 4 heteroatoms. The molecule has 0 amide bonds. The van der Waals surface area contributed by atoms with Gasteiger partial charge in [-0.1, -0.05) is 69.5 Å². The van der Waals surface area contributed by atoms with E-state index in [4.69, 9.17) is 4.74 Å². The summed E-state index contributed by atoms with van der Waals surface area (Å²) in [6, 6.07) is 16.2. The second kappa shape index (κ2) is 11.4. The van der Waals surface area contributed by atoms with Gasteiger partial charge in [-0.05, 0) is 42.5 Å². The number of nitrogens with zero attached hydrogens (tertiary/aromatic N) is 2. The molecule has 0 saturated carbocycles. The van der Waals surface area contributed by atoms with E-state index in [0.717, 1.165) is 28.9 Å². The molecule has 3 nitrogen and oxygen atoms in total. The first kappa shape index (κ1) is 21.9. The molecule has 0 saturated heterocycles. The molecule has 1 heterocycles. The average Bonchev–Trinajstić information content (AvgIpc) is 2.81. The molecular formula is C26H31FN2O. The Bertz CT molecular complexity index is 876. The summed E-state index contributed by atoms with van der Waals surface area (Å²) in [6.07, 6.45) is 9.46. The lowest BCUT2D eigenvalue weighted by atomic mass is 10.0. The van der Waals surface area contributed by atoms with Gasteiger partial charge < -0.3 is 4.74 Å². The maximum absolute atomic E-state index is 13.3. The molecule has 3 rings (SSSR count). The van der Waals surface area contributed by atoms with Crippen LogP contribution in [0.15, 0.2) is 60.9 Å². The molecule has 1 aromatic heterocycles. The largest absolute Gasteiger partial charge is 0.491 e. The Hall–Kier alpha value is -2.75. The maximum atomic E-state index is 13.3. The minimum Gasteiger partial charge on any atom is -0.491 e. The van der Waals surface area contributed by atoms with Gasteiger partial charge in [-0.3, -0.25) is 0 Å². The first-order valence-corrected chi connectivity index (χ1v) is 11.0. The number of hydrogen-bond donors (Lipinski definition) is 0. The Balaban J connectivity index is 1.59. The molecule has 0 aliphatic carbocycles. The highest BCUT2D eigenvalue weighted by atomic mass is 19.1. The number of rotatable bonds is 11. The van der Waals surface area contributed by atoms with Gasteiger partial charge in [0.05, 0.1) is 0 Å². The van der Waals surface area contributed by atoms with Crippen molar-refractivity contribution < 1.29 is 9.13 Å². The second-order valence-electron chi connectivity index (χ2n) is 7.64. The van der Waals surface area contributed by atoms with Gasteiger partial charge in [0.1, 0.15) is 18.5 Å². The monoisotopic (exact) mass is 406 g/mol. The van der Waals surface area contributed by atoms with Crippen molar-refractivity contribution in [3.05, 3.63) is 66.5 Å². The second-order valence-corrected chi connectivity index (χ2v) is 7.64. The maximum Gasteiger partial charge on any atom is 0.159 e. The fourth-order valence-corrected chi connectivity index (χ4v) is 3.25. The van der Waals surface area contributed by atoms with Crippen LogP contribution in [0.3, 0.4) is 0 Å². The number of ether oxygens (including phenoxy) is 1. The molecule has 1 unspecified atom stereocenters. The van der Waals surface area contributed by atoms with Gasteiger partial charge in [0.15, 0.2) is 5.82 Å². The summed E-state index contributed by atoms with van der Waals surface area (Å²) in [7, 11) is 0. The molecule has 0 aliphatic rings. The minimum atomic E-state index is -0.930. The minimum absolute atomic E-state index is 0.0885. The molecule has 0 spiro atoms. The van der Waals surface area contributed by atoms with Crippen LogP contribution < -0.4 is 4.74 Å². The van der Waals surface area contributed by atoms with E-state index in [1.165, 1.54) is 31.2 Å². The molecule has 158 valence electrons. The number of hydrogen-bond acceptors (Lipinski definition) is 3. The zero-order chi connectivity index (χ0) is 21.2. The summed E-state index contributed by atoms with van der Waals surface area (Å²) in [6.45, 7) is 4.13. The highest BCUT2D eigenvalue weighted by Gasteiger charge is 2.06. The molecule has 30 heavy (non-hydrogen) atoms. The summed E-state index contributed by atoms with van der Waals surface area (Å²) in [5.74, 6) is 1.40. The van der Waals surface area contributed by atoms with Gasteiger partial charge in [0.25, 0.3) is 0 Å². The van der Waals surface area contributed by atoms with E-state index >= 15 is 0 Å². The van der Waals surface area contributed by atoms with E-state index in [2.05, 4.69) is 41.2 Å². The number of aryl methyl sites for hydroxylation is 1. The Morgan fingerprint density at radius 2 is 1.47 bits per heavy atom. The molecule has 0 aliphatic heterocycles. The van der Waals surface area contributed by atoms with Crippen LogP contribution in [0.4, 0.5) is 4.39 Å². The van der Waals surface area contributed by atoms with Crippen molar-refractivity contribution in [3.8, 4) is 28.3 Å². The lowest BCUT2D eigenvalue weighted by Crippen LogP contribution is -2.11. The lowest BCUT2D eigenvalue weighted by Gasteiger charge is -2.09. The number of alkyl halides is 1. The number of benzene rings is 2. The average molecular weight is 407 g/mol. The van der Waals surface area contributed by atoms with Crippen LogP contribution in [0.2, 0.25) is 0 Å². The van der Waals surface area contributed by atoms with E-state index < -0.39 is 6.17 Å². The van der Waals surface area contributed by atoms with Crippen LogP contribution in [0.25, 0.3) is 22.5 Å². The molecule has 0 bridgehead atoms. The summed E-state index contributed by atoms with van der Waals surface area (Å²) >= 11 is 0. The van der Waals surface area contributed by atoms with Gasteiger partial charge in [-0.25, -0.2) is 14.4 Å². The number of unbranched alkanes of at least 4 members (excludes halogenated alkanes) is 3. The fourth-order valence-electron chi connectivity index (χ4n) is 3.25. The van der Waals surface area contributed by atoms with Crippen molar-refractivity contribution in [2.75, 3.05) is 6.61 Å². The third-order valence-corrected chi connectivity index (χ3v) is 5.24. The number of aromatic nitrogens is 2. The SMILES string of the molecule is CCCCCCc1ccc(-c2ncc(-c3ccc(OCC(F)CC)cc3)cn2)cc1. The summed E-state index contributed by atoms with van der Waals surface area (Å²) < 4.78 is 18.8. The molecular weight excluding hydrogens is 375 g/mol. The van der Waals surface area contributed by atoms with E-state index in [-0.39, 0.29) is 6.61 Å². The van der Waals surface area contributed by atoms with Gasteiger partial charge in [-0.2, -0.15) is 0 Å². The van der Waals surface area contributed by atoms with E-state index in [1.807, 2.05) is 43.6 Å². The summed E-state index contributed by atoms with van der Waals surface area (Å²) in [4.78, 5) is 9.09. The van der Waals surface area contributed by atoms with E-state index in [0.29, 0.717) is 12.2 Å². The lowest BCUT2D eigenvalue weighted by molar-refractivity contribution is 0.192. The summed E-state index contributed by atoms with van der Waals surface area (Å²) in [5, 5.41) is 0. The van der Waals surface area contributed by atoms with Crippen molar-refractivity contribution >= 4 is 0 Å². The standard InChI is InChI=1S/C26H31FN2O/c1-3-5-6-7-8-20-9-11-22(12-10-20)26-28-17-23(18-29-26)21-13-15-25(16-14-21)30-19-24(27)4-2/h9-18,24H,3-8,19H2,1-2H3. The van der Waals surface area contributed by atoms with Gasteiger partial charge in [-0.15, -0.1) is 0 Å². The predicted octanol–water partition coefficient (Wildman–Crippen LogP) is 7.06. The Kier molecular flexibility index (Phi) is 8.37. The molecule has 2 aromatic carbocycles. The van der Waals surface area contributed by atoms with Crippen molar-refractivity contribution in [3.63, 3.8) is 0 Å². The quantitative estimate of drug-likeness (QED) is 0.320. The van der Waals surface area contributed by atoms with Crippen molar-refractivity contribution in [1.29, 1.82) is 0 Å². The highest BCUT2D eigenvalue weighted by Crippen LogP contribution is 2.23. The highest BCUT2D eigenvalue weighted by molar-refractivity contribution is 5.64. The van der Waals surface area contributed by atoms with Crippen LogP contribution in [-0.4, -0.2) is 22.7 Å². The van der Waals surface area contributed by atoms with Crippen LogP contribution in [-0.2, 0) is 6.42 Å². The first-order chi connectivity index (χ1) is 14.7. The third kappa shape index (κ3) is 6.38. The van der Waals surface area contributed by atoms with Gasteiger partial charge in [0, 0.05) is 23.5 Å². The van der Waals surface area contributed by atoms with Gasteiger partial charge in [0.2, 0.25) is 0 Å². The number of halogens is 1. The van der Waals surface area contributed by atoms with Crippen LogP contribution in [0.1, 0.15) is 51.5 Å². The Morgan fingerprint density at radius 3 is 2.10 bits per heavy atom. The molecule has 1 atom stereocenters.